The number of aryl methyl sites for hydroxylation is 1. The van der Waals surface area contributed by atoms with Crippen LogP contribution in [0, 0.1) is 6.92 Å². The normalized spacial score (nSPS) is 10.8. The minimum atomic E-state index is 0.739. The summed E-state index contributed by atoms with van der Waals surface area (Å²) in [5.41, 5.74) is 8.91. The Morgan fingerprint density at radius 1 is 1.24 bits per heavy atom. The summed E-state index contributed by atoms with van der Waals surface area (Å²) >= 11 is 0. The van der Waals surface area contributed by atoms with Gasteiger partial charge in [0, 0.05) is 13.1 Å². The standard InChI is InChI=1S/C17H24N4/c1-14-11-17(20-12-16(14)18)19-9-6-10-21(2)13-15-7-4-3-5-8-15/h3-5,7-8,11-12H,6,9-10,13,18H2,1-2H3,(H,19,20). The van der Waals surface area contributed by atoms with Gasteiger partial charge in [0.1, 0.15) is 5.82 Å². The van der Waals surface area contributed by atoms with E-state index in [0.717, 1.165) is 43.1 Å². The molecule has 1 aromatic carbocycles. The van der Waals surface area contributed by atoms with Crippen molar-refractivity contribution in [2.45, 2.75) is 19.9 Å². The monoisotopic (exact) mass is 284 g/mol. The SMILES string of the molecule is Cc1cc(NCCCN(C)Cc2ccccc2)ncc1N. The quantitative estimate of drug-likeness (QED) is 0.768. The molecule has 0 unspecified atom stereocenters. The Morgan fingerprint density at radius 2 is 2.00 bits per heavy atom. The van der Waals surface area contributed by atoms with Crippen LogP contribution in [0.4, 0.5) is 11.5 Å². The zero-order valence-electron chi connectivity index (χ0n) is 12.8. The van der Waals surface area contributed by atoms with Crippen LogP contribution in [0.25, 0.3) is 0 Å². The van der Waals surface area contributed by atoms with E-state index in [1.54, 1.807) is 6.20 Å². The Labute approximate surface area is 127 Å². The van der Waals surface area contributed by atoms with Gasteiger partial charge in [-0.05, 0) is 44.1 Å². The van der Waals surface area contributed by atoms with Crippen LogP contribution in [-0.2, 0) is 6.54 Å². The first kappa shape index (κ1) is 15.3. The number of hydrogen-bond donors (Lipinski definition) is 2. The third-order valence-corrected chi connectivity index (χ3v) is 3.47. The lowest BCUT2D eigenvalue weighted by atomic mass is 10.2. The van der Waals surface area contributed by atoms with Crippen LogP contribution in [0.1, 0.15) is 17.5 Å². The smallest absolute Gasteiger partial charge is 0.126 e. The summed E-state index contributed by atoms with van der Waals surface area (Å²) in [5.74, 6) is 0.896. The van der Waals surface area contributed by atoms with Crippen molar-refractivity contribution in [1.82, 2.24) is 9.88 Å². The number of rotatable bonds is 7. The van der Waals surface area contributed by atoms with Crippen molar-refractivity contribution in [3.63, 3.8) is 0 Å². The number of hydrogen-bond acceptors (Lipinski definition) is 4. The van der Waals surface area contributed by atoms with Crippen molar-refractivity contribution in [2.24, 2.45) is 0 Å². The molecule has 21 heavy (non-hydrogen) atoms. The molecule has 0 atom stereocenters. The van der Waals surface area contributed by atoms with Crippen molar-refractivity contribution in [3.05, 3.63) is 53.7 Å². The Hall–Kier alpha value is -2.07. The summed E-state index contributed by atoms with van der Waals surface area (Å²) in [6.07, 6.45) is 2.79. The molecule has 0 aliphatic rings. The third-order valence-electron chi connectivity index (χ3n) is 3.47. The van der Waals surface area contributed by atoms with E-state index in [-0.39, 0.29) is 0 Å². The first-order valence-electron chi connectivity index (χ1n) is 7.33. The van der Waals surface area contributed by atoms with Crippen LogP contribution < -0.4 is 11.1 Å². The van der Waals surface area contributed by atoms with Crippen molar-refractivity contribution in [2.75, 3.05) is 31.2 Å². The summed E-state index contributed by atoms with van der Waals surface area (Å²) in [7, 11) is 2.15. The molecular formula is C17H24N4. The minimum absolute atomic E-state index is 0.739. The lowest BCUT2D eigenvalue weighted by Crippen LogP contribution is -2.21. The molecule has 0 fully saturated rings. The fourth-order valence-electron chi connectivity index (χ4n) is 2.20. The molecule has 1 aromatic heterocycles. The predicted octanol–water partition coefficient (Wildman–Crippen LogP) is 2.91. The van der Waals surface area contributed by atoms with Gasteiger partial charge in [-0.25, -0.2) is 4.98 Å². The number of anilines is 2. The number of aromatic nitrogens is 1. The molecule has 2 aromatic rings. The van der Waals surface area contributed by atoms with Gasteiger partial charge in [0.25, 0.3) is 0 Å². The van der Waals surface area contributed by atoms with Gasteiger partial charge in [-0.3, -0.25) is 0 Å². The van der Waals surface area contributed by atoms with Crippen molar-refractivity contribution in [3.8, 4) is 0 Å². The molecule has 3 N–H and O–H groups in total. The number of nitrogen functional groups attached to an aromatic ring is 1. The molecule has 0 saturated heterocycles. The molecular weight excluding hydrogens is 260 g/mol. The topological polar surface area (TPSA) is 54.2 Å². The molecule has 0 amide bonds. The summed E-state index contributed by atoms with van der Waals surface area (Å²) in [5, 5.41) is 3.34. The molecule has 0 bridgehead atoms. The molecule has 1 heterocycles. The third kappa shape index (κ3) is 5.08. The van der Waals surface area contributed by atoms with Gasteiger partial charge >= 0.3 is 0 Å². The second kappa shape index (κ2) is 7.64. The van der Waals surface area contributed by atoms with Crippen LogP contribution in [0.3, 0.4) is 0 Å². The molecule has 0 radical (unpaired) electrons. The summed E-state index contributed by atoms with van der Waals surface area (Å²) in [4.78, 5) is 6.61. The molecule has 0 spiro atoms. The van der Waals surface area contributed by atoms with E-state index in [4.69, 9.17) is 5.73 Å². The highest BCUT2D eigenvalue weighted by molar-refractivity contribution is 5.50. The lowest BCUT2D eigenvalue weighted by molar-refractivity contribution is 0.325. The zero-order chi connectivity index (χ0) is 15.1. The van der Waals surface area contributed by atoms with Crippen LogP contribution in [0.15, 0.2) is 42.6 Å². The van der Waals surface area contributed by atoms with E-state index in [9.17, 15) is 0 Å². The van der Waals surface area contributed by atoms with Crippen LogP contribution in [0.5, 0.6) is 0 Å². The maximum atomic E-state index is 5.76. The van der Waals surface area contributed by atoms with E-state index in [1.807, 2.05) is 13.0 Å². The molecule has 112 valence electrons. The van der Waals surface area contributed by atoms with Crippen LogP contribution in [-0.4, -0.2) is 30.0 Å². The van der Waals surface area contributed by atoms with E-state index in [0.29, 0.717) is 0 Å². The van der Waals surface area contributed by atoms with Crippen LogP contribution in [0.2, 0.25) is 0 Å². The van der Waals surface area contributed by atoms with E-state index in [1.165, 1.54) is 5.56 Å². The first-order chi connectivity index (χ1) is 10.1. The molecule has 0 aliphatic heterocycles. The summed E-state index contributed by atoms with van der Waals surface area (Å²) < 4.78 is 0. The fourth-order valence-corrected chi connectivity index (χ4v) is 2.20. The Morgan fingerprint density at radius 3 is 2.71 bits per heavy atom. The van der Waals surface area contributed by atoms with Gasteiger partial charge in [0.05, 0.1) is 11.9 Å². The zero-order valence-corrected chi connectivity index (χ0v) is 12.8. The summed E-state index contributed by atoms with van der Waals surface area (Å²) in [6, 6.07) is 12.5. The van der Waals surface area contributed by atoms with E-state index < -0.39 is 0 Å². The first-order valence-corrected chi connectivity index (χ1v) is 7.33. The number of nitrogens with zero attached hydrogens (tertiary/aromatic N) is 2. The molecule has 0 aliphatic carbocycles. The van der Waals surface area contributed by atoms with Gasteiger partial charge in [0.2, 0.25) is 0 Å². The Kier molecular flexibility index (Phi) is 5.58. The van der Waals surface area contributed by atoms with Crippen molar-refractivity contribution in [1.29, 1.82) is 0 Å². The highest BCUT2D eigenvalue weighted by Gasteiger charge is 2.01. The summed E-state index contributed by atoms with van der Waals surface area (Å²) in [6.45, 7) is 4.95. The second-order valence-corrected chi connectivity index (χ2v) is 5.43. The molecule has 2 rings (SSSR count). The lowest BCUT2D eigenvalue weighted by Gasteiger charge is -2.17. The highest BCUT2D eigenvalue weighted by atomic mass is 15.1. The highest BCUT2D eigenvalue weighted by Crippen LogP contribution is 2.12. The fraction of sp³-hybridized carbons (Fsp3) is 0.353. The number of nitrogens with one attached hydrogen (secondary N) is 1. The molecule has 0 saturated carbocycles. The predicted molar refractivity (Wildman–Crippen MR) is 89.3 cm³/mol. The van der Waals surface area contributed by atoms with Crippen LogP contribution >= 0.6 is 0 Å². The maximum absolute atomic E-state index is 5.76. The largest absolute Gasteiger partial charge is 0.397 e. The number of benzene rings is 1. The number of nitrogens with two attached hydrogens (primary N) is 1. The van der Waals surface area contributed by atoms with Crippen molar-refractivity contribution >= 4 is 11.5 Å². The maximum Gasteiger partial charge on any atom is 0.126 e. The Balaban J connectivity index is 1.68. The van der Waals surface area contributed by atoms with Gasteiger partial charge < -0.3 is 16.0 Å². The molecule has 4 heteroatoms. The Bertz CT molecular complexity index is 554. The van der Waals surface area contributed by atoms with E-state index >= 15 is 0 Å². The van der Waals surface area contributed by atoms with Gasteiger partial charge in [-0.1, -0.05) is 30.3 Å². The van der Waals surface area contributed by atoms with Gasteiger partial charge in [-0.2, -0.15) is 0 Å². The number of pyridine rings is 1. The van der Waals surface area contributed by atoms with Gasteiger partial charge in [-0.15, -0.1) is 0 Å². The van der Waals surface area contributed by atoms with Gasteiger partial charge in [0.15, 0.2) is 0 Å². The second-order valence-electron chi connectivity index (χ2n) is 5.43. The average Bonchev–Trinajstić information content (AvgIpc) is 2.48. The molecule has 4 nitrogen and oxygen atoms in total. The van der Waals surface area contributed by atoms with Crippen molar-refractivity contribution < 1.29 is 0 Å². The van der Waals surface area contributed by atoms with E-state index in [2.05, 4.69) is 52.6 Å². The average molecular weight is 284 g/mol. The minimum Gasteiger partial charge on any atom is -0.397 e.